The monoisotopic (exact) mass is 208 g/mol. The lowest BCUT2D eigenvalue weighted by Gasteiger charge is -2.04. The summed E-state index contributed by atoms with van der Waals surface area (Å²) >= 11 is 0. The van der Waals surface area contributed by atoms with Crippen LogP contribution in [0.5, 0.6) is 0 Å². The maximum Gasteiger partial charge on any atom is 0.412 e. The van der Waals surface area contributed by atoms with Crippen LogP contribution in [0.4, 0.5) is 13.2 Å². The second-order valence-corrected chi connectivity index (χ2v) is 2.93. The highest BCUT2D eigenvalue weighted by atomic mass is 31.1. The predicted molar refractivity (Wildman–Crippen MR) is 45.7 cm³/mol. The second-order valence-electron chi connectivity index (χ2n) is 2.23. The van der Waals surface area contributed by atoms with Crippen molar-refractivity contribution in [3.05, 3.63) is 35.7 Å². The highest BCUT2D eigenvalue weighted by Gasteiger charge is 2.29. The summed E-state index contributed by atoms with van der Waals surface area (Å²) in [6.07, 6.45) is -1.12. The Bertz CT molecular complexity index is 253. The Morgan fingerprint density at radius 3 is 2.23 bits per heavy atom. The molecule has 0 aromatic carbocycles. The molecule has 13 heavy (non-hydrogen) atoms. The summed E-state index contributed by atoms with van der Waals surface area (Å²) in [5.74, 6) is 0. The van der Waals surface area contributed by atoms with E-state index in [0.717, 1.165) is 19.1 Å². The van der Waals surface area contributed by atoms with Gasteiger partial charge in [0, 0.05) is 10.9 Å². The third-order valence-electron chi connectivity index (χ3n) is 1.27. The van der Waals surface area contributed by atoms with Crippen LogP contribution in [0.1, 0.15) is 6.92 Å². The maximum atomic E-state index is 11.9. The van der Waals surface area contributed by atoms with Gasteiger partial charge in [0.1, 0.15) is 0 Å². The number of allylic oxidation sites excluding steroid dienone is 5. The first-order valence-corrected chi connectivity index (χ1v) is 4.14. The molecule has 0 amide bonds. The Kier molecular flexibility index (Phi) is 4.63. The Hall–Kier alpha value is -0.890. The molecule has 0 saturated carbocycles. The SMILES string of the molecule is C=C/C(=C\C=C(/C)C(F)(F)F)P=O. The minimum absolute atomic E-state index is 0.212. The fraction of sp³-hybridized carbons (Fsp3) is 0.250. The number of alkyl halides is 3. The average molecular weight is 208 g/mol. The zero-order valence-electron chi connectivity index (χ0n) is 6.93. The van der Waals surface area contributed by atoms with Gasteiger partial charge in [-0.15, -0.1) is 0 Å². The molecule has 0 atom stereocenters. The molecule has 0 aliphatic carbocycles. The van der Waals surface area contributed by atoms with Crippen LogP contribution in [0.3, 0.4) is 0 Å². The Labute approximate surface area is 75.8 Å². The van der Waals surface area contributed by atoms with E-state index in [4.69, 9.17) is 0 Å². The second kappa shape index (κ2) is 4.97. The molecule has 0 aromatic rings. The van der Waals surface area contributed by atoms with Gasteiger partial charge in [0.15, 0.2) is 8.46 Å². The lowest BCUT2D eigenvalue weighted by atomic mass is 10.2. The first-order valence-electron chi connectivity index (χ1n) is 3.33. The van der Waals surface area contributed by atoms with Crippen molar-refractivity contribution in [1.82, 2.24) is 0 Å². The van der Waals surface area contributed by atoms with Crippen LogP contribution in [0, 0.1) is 0 Å². The summed E-state index contributed by atoms with van der Waals surface area (Å²) in [5, 5.41) is 0.212. The molecule has 0 aliphatic heterocycles. The summed E-state index contributed by atoms with van der Waals surface area (Å²) < 4.78 is 46.0. The van der Waals surface area contributed by atoms with Gasteiger partial charge in [0.25, 0.3) is 0 Å². The van der Waals surface area contributed by atoms with Crippen molar-refractivity contribution in [2.24, 2.45) is 0 Å². The molecular weight excluding hydrogens is 200 g/mol. The van der Waals surface area contributed by atoms with Crippen molar-refractivity contribution < 1.29 is 17.7 Å². The zero-order valence-corrected chi connectivity index (χ0v) is 7.82. The molecule has 0 fully saturated rings. The van der Waals surface area contributed by atoms with Crippen molar-refractivity contribution in [2.75, 3.05) is 0 Å². The number of halogens is 3. The Morgan fingerprint density at radius 1 is 1.38 bits per heavy atom. The van der Waals surface area contributed by atoms with Gasteiger partial charge in [-0.3, -0.25) is 4.57 Å². The van der Waals surface area contributed by atoms with Crippen molar-refractivity contribution in [3.63, 3.8) is 0 Å². The molecule has 0 saturated heterocycles. The topological polar surface area (TPSA) is 17.1 Å². The molecule has 72 valence electrons. The predicted octanol–water partition coefficient (Wildman–Crippen LogP) is 3.86. The smallest absolute Gasteiger partial charge is 0.269 e. The zero-order chi connectivity index (χ0) is 10.5. The van der Waals surface area contributed by atoms with E-state index < -0.39 is 11.7 Å². The van der Waals surface area contributed by atoms with Crippen LogP contribution in [0.25, 0.3) is 0 Å². The van der Waals surface area contributed by atoms with Crippen LogP contribution in [-0.4, -0.2) is 6.18 Å². The van der Waals surface area contributed by atoms with Crippen LogP contribution in [-0.2, 0) is 4.57 Å². The fourth-order valence-corrected chi connectivity index (χ4v) is 0.651. The standard InChI is InChI=1S/C8H8F3OP/c1-3-7(13-12)5-4-6(2)8(9,10)11/h3-5H,1H2,2H3/b6-4+,7-5+. The van der Waals surface area contributed by atoms with E-state index in [1.807, 2.05) is 0 Å². The fourth-order valence-electron chi connectivity index (χ4n) is 0.441. The summed E-state index contributed by atoms with van der Waals surface area (Å²) in [4.78, 5) is 0. The van der Waals surface area contributed by atoms with Gasteiger partial charge in [-0.25, -0.2) is 0 Å². The molecule has 0 aromatic heterocycles. The van der Waals surface area contributed by atoms with Crippen molar-refractivity contribution >= 4 is 8.46 Å². The van der Waals surface area contributed by atoms with Gasteiger partial charge in [0.05, 0.1) is 0 Å². The average Bonchev–Trinajstić information content (AvgIpc) is 2.04. The van der Waals surface area contributed by atoms with E-state index in [9.17, 15) is 17.7 Å². The lowest BCUT2D eigenvalue weighted by molar-refractivity contribution is -0.0912. The molecule has 0 rings (SSSR count). The normalized spacial score (nSPS) is 14.8. The first-order chi connectivity index (χ1) is 5.91. The molecule has 1 nitrogen and oxygen atoms in total. The van der Waals surface area contributed by atoms with E-state index >= 15 is 0 Å². The van der Waals surface area contributed by atoms with E-state index in [1.54, 1.807) is 0 Å². The first kappa shape index (κ1) is 12.1. The minimum atomic E-state index is -4.33. The summed E-state index contributed by atoms with van der Waals surface area (Å²) in [6, 6.07) is 0. The lowest BCUT2D eigenvalue weighted by Crippen LogP contribution is -2.08. The number of rotatable bonds is 3. The van der Waals surface area contributed by atoms with Crippen molar-refractivity contribution in [1.29, 1.82) is 0 Å². The number of hydrogen-bond donors (Lipinski definition) is 0. The number of hydrogen-bond acceptors (Lipinski definition) is 1. The summed E-state index contributed by atoms with van der Waals surface area (Å²) in [6.45, 7) is 4.23. The Balaban J connectivity index is 4.68. The van der Waals surface area contributed by atoms with Gasteiger partial charge in [-0.1, -0.05) is 18.7 Å². The highest BCUT2D eigenvalue weighted by Crippen LogP contribution is 2.25. The van der Waals surface area contributed by atoms with Crippen LogP contribution in [0.2, 0.25) is 0 Å². The van der Waals surface area contributed by atoms with E-state index in [-0.39, 0.29) is 13.8 Å². The van der Waals surface area contributed by atoms with E-state index in [2.05, 4.69) is 6.58 Å². The summed E-state index contributed by atoms with van der Waals surface area (Å²) in [7, 11) is -0.342. The van der Waals surface area contributed by atoms with Crippen LogP contribution in [0.15, 0.2) is 35.7 Å². The molecule has 0 unspecified atom stereocenters. The van der Waals surface area contributed by atoms with E-state index in [1.165, 1.54) is 6.08 Å². The molecular formula is C8H8F3OP. The molecule has 0 N–H and O–H groups in total. The maximum absolute atomic E-state index is 11.9. The van der Waals surface area contributed by atoms with Gasteiger partial charge in [-0.2, -0.15) is 13.2 Å². The molecule has 5 heteroatoms. The van der Waals surface area contributed by atoms with Gasteiger partial charge >= 0.3 is 6.18 Å². The third kappa shape index (κ3) is 4.63. The minimum Gasteiger partial charge on any atom is -0.269 e. The molecule has 0 heterocycles. The molecule has 0 radical (unpaired) electrons. The van der Waals surface area contributed by atoms with Crippen molar-refractivity contribution in [3.8, 4) is 0 Å². The molecule has 0 aliphatic rings. The quantitative estimate of drug-likeness (QED) is 0.508. The van der Waals surface area contributed by atoms with E-state index in [0.29, 0.717) is 0 Å². The van der Waals surface area contributed by atoms with Gasteiger partial charge in [0.2, 0.25) is 0 Å². The molecule has 0 spiro atoms. The highest BCUT2D eigenvalue weighted by molar-refractivity contribution is 7.29. The van der Waals surface area contributed by atoms with Crippen molar-refractivity contribution in [2.45, 2.75) is 13.1 Å². The Morgan fingerprint density at radius 2 is 1.92 bits per heavy atom. The third-order valence-corrected chi connectivity index (χ3v) is 1.81. The van der Waals surface area contributed by atoms with Crippen LogP contribution >= 0.6 is 8.46 Å². The summed E-state index contributed by atoms with van der Waals surface area (Å²) in [5.41, 5.74) is -0.740. The molecule has 0 bridgehead atoms. The largest absolute Gasteiger partial charge is 0.412 e. The van der Waals surface area contributed by atoms with Gasteiger partial charge < -0.3 is 0 Å². The van der Waals surface area contributed by atoms with Gasteiger partial charge in [-0.05, 0) is 13.0 Å². The van der Waals surface area contributed by atoms with Crippen LogP contribution < -0.4 is 0 Å².